The van der Waals surface area contributed by atoms with E-state index >= 15 is 0 Å². The Balaban J connectivity index is 2.05. The highest BCUT2D eigenvalue weighted by Gasteiger charge is 2.39. The maximum absolute atomic E-state index is 13.6. The molecule has 0 aliphatic carbocycles. The lowest BCUT2D eigenvalue weighted by Gasteiger charge is -2.31. The van der Waals surface area contributed by atoms with Crippen molar-refractivity contribution < 1.29 is 23.9 Å². The van der Waals surface area contributed by atoms with Crippen molar-refractivity contribution in [3.63, 3.8) is 0 Å². The minimum atomic E-state index is -0.724. The number of nitrogens with zero attached hydrogens (tertiary/aromatic N) is 1. The zero-order valence-electron chi connectivity index (χ0n) is 24.6. The Hall–Kier alpha value is -2.46. The standard InChI is InChI=1S/C29H51N5O5/c1-6-31-28(37)24-11-9-19-34(24)29(38)26(20(2)3)33-27(36)23(10-7-8-12-25(35)39-21(4)5)32-18-15-22-13-16-30-17-14-22/h8,12,20-24,26,30,32H,6-7,9-11,13-19H2,1-5H3,(H,31,37)(H,33,36)/b12-8+/t23-,24-,26-/m0/s1. The number of likely N-dealkylation sites (N-methyl/N-ethyl adjacent to an activating group) is 1. The second kappa shape index (κ2) is 17.3. The Kier molecular flexibility index (Phi) is 14.5. The molecule has 10 heteroatoms. The van der Waals surface area contributed by atoms with Gasteiger partial charge in [0.1, 0.15) is 12.1 Å². The maximum atomic E-state index is 13.6. The van der Waals surface area contributed by atoms with Crippen LogP contribution in [0.4, 0.5) is 0 Å². The summed E-state index contributed by atoms with van der Waals surface area (Å²) in [7, 11) is 0. The molecule has 10 nitrogen and oxygen atoms in total. The number of esters is 1. The first-order chi connectivity index (χ1) is 18.6. The van der Waals surface area contributed by atoms with Gasteiger partial charge in [-0.25, -0.2) is 4.79 Å². The molecular formula is C29H51N5O5. The molecule has 2 aliphatic heterocycles. The molecule has 3 amide bonds. The lowest BCUT2D eigenvalue weighted by atomic mass is 9.94. The monoisotopic (exact) mass is 549 g/mol. The van der Waals surface area contributed by atoms with Gasteiger partial charge in [0.15, 0.2) is 0 Å². The molecule has 2 rings (SSSR count). The number of ether oxygens (including phenoxy) is 1. The minimum Gasteiger partial charge on any atom is -0.460 e. The number of hydrogen-bond acceptors (Lipinski definition) is 7. The van der Waals surface area contributed by atoms with E-state index in [1.54, 1.807) is 24.8 Å². The predicted molar refractivity (Wildman–Crippen MR) is 152 cm³/mol. The molecule has 0 bridgehead atoms. The maximum Gasteiger partial charge on any atom is 0.330 e. The summed E-state index contributed by atoms with van der Waals surface area (Å²) in [5.41, 5.74) is 0. The summed E-state index contributed by atoms with van der Waals surface area (Å²) in [5, 5.41) is 12.6. The molecule has 0 aromatic rings. The molecule has 0 spiro atoms. The quantitative estimate of drug-likeness (QED) is 0.181. The van der Waals surface area contributed by atoms with Gasteiger partial charge >= 0.3 is 5.97 Å². The molecule has 2 heterocycles. The van der Waals surface area contributed by atoms with Gasteiger partial charge in [0.2, 0.25) is 17.7 Å². The number of hydrogen-bond donors (Lipinski definition) is 4. The van der Waals surface area contributed by atoms with Crippen LogP contribution in [0, 0.1) is 11.8 Å². The van der Waals surface area contributed by atoms with Gasteiger partial charge in [-0.3, -0.25) is 14.4 Å². The van der Waals surface area contributed by atoms with Crippen LogP contribution >= 0.6 is 0 Å². The van der Waals surface area contributed by atoms with Crippen LogP contribution in [-0.4, -0.2) is 85.5 Å². The number of likely N-dealkylation sites (tertiary alicyclic amines) is 1. The number of carbonyl (C=O) groups is 4. The van der Waals surface area contributed by atoms with Crippen LogP contribution in [0.2, 0.25) is 0 Å². The largest absolute Gasteiger partial charge is 0.460 e. The van der Waals surface area contributed by atoms with Crippen molar-refractivity contribution in [1.29, 1.82) is 0 Å². The lowest BCUT2D eigenvalue weighted by Crippen LogP contribution is -2.57. The lowest BCUT2D eigenvalue weighted by molar-refractivity contribution is -0.142. The molecule has 0 aromatic heterocycles. The van der Waals surface area contributed by atoms with Crippen molar-refractivity contribution >= 4 is 23.7 Å². The molecule has 0 radical (unpaired) electrons. The van der Waals surface area contributed by atoms with E-state index in [-0.39, 0.29) is 29.7 Å². The van der Waals surface area contributed by atoms with Gasteiger partial charge in [0, 0.05) is 19.2 Å². The molecule has 39 heavy (non-hydrogen) atoms. The van der Waals surface area contributed by atoms with E-state index in [9.17, 15) is 19.2 Å². The SMILES string of the molecule is CCNC(=O)[C@@H]1CCCN1C(=O)[C@@H](NC(=O)[C@H](CC/C=C/C(=O)OC(C)C)NCCC1CCNCC1)C(C)C. The number of amides is 3. The minimum absolute atomic E-state index is 0.141. The molecule has 222 valence electrons. The summed E-state index contributed by atoms with van der Waals surface area (Å²) in [5.74, 6) is -0.506. The zero-order valence-corrected chi connectivity index (χ0v) is 24.6. The van der Waals surface area contributed by atoms with Crippen molar-refractivity contribution in [3.05, 3.63) is 12.2 Å². The summed E-state index contributed by atoms with van der Waals surface area (Å²) < 4.78 is 5.14. The highest BCUT2D eigenvalue weighted by Crippen LogP contribution is 2.21. The molecule has 4 N–H and O–H groups in total. The summed E-state index contributed by atoms with van der Waals surface area (Å²) >= 11 is 0. The average Bonchev–Trinajstić information content (AvgIpc) is 3.38. The van der Waals surface area contributed by atoms with E-state index in [1.807, 2.05) is 20.8 Å². The number of allylic oxidation sites excluding steroid dienone is 1. The Labute approximate surface area is 234 Å². The molecule has 2 aliphatic rings. The van der Waals surface area contributed by atoms with Crippen LogP contribution in [0.25, 0.3) is 0 Å². The van der Waals surface area contributed by atoms with Gasteiger partial charge in [-0.1, -0.05) is 19.9 Å². The number of carbonyl (C=O) groups excluding carboxylic acids is 4. The van der Waals surface area contributed by atoms with Gasteiger partial charge in [0.05, 0.1) is 12.1 Å². The predicted octanol–water partition coefficient (Wildman–Crippen LogP) is 1.89. The van der Waals surface area contributed by atoms with Crippen molar-refractivity contribution in [2.24, 2.45) is 11.8 Å². The Morgan fingerprint density at radius 2 is 1.79 bits per heavy atom. The van der Waals surface area contributed by atoms with Gasteiger partial charge < -0.3 is 30.9 Å². The molecule has 0 saturated carbocycles. The van der Waals surface area contributed by atoms with Crippen LogP contribution in [0.3, 0.4) is 0 Å². The second-order valence-corrected chi connectivity index (χ2v) is 11.3. The topological polar surface area (TPSA) is 129 Å². The number of nitrogens with one attached hydrogen (secondary N) is 4. The molecule has 2 saturated heterocycles. The van der Waals surface area contributed by atoms with E-state index in [0.29, 0.717) is 44.8 Å². The van der Waals surface area contributed by atoms with Gasteiger partial charge in [-0.15, -0.1) is 0 Å². The molecular weight excluding hydrogens is 498 g/mol. The first-order valence-corrected chi connectivity index (χ1v) is 14.8. The fourth-order valence-electron chi connectivity index (χ4n) is 5.21. The van der Waals surface area contributed by atoms with Crippen LogP contribution in [0.5, 0.6) is 0 Å². The Bertz CT molecular complexity index is 825. The van der Waals surface area contributed by atoms with Crippen molar-refractivity contribution in [2.45, 2.75) is 104 Å². The van der Waals surface area contributed by atoms with E-state index in [2.05, 4.69) is 21.3 Å². The van der Waals surface area contributed by atoms with Gasteiger partial charge in [0.25, 0.3) is 0 Å². The highest BCUT2D eigenvalue weighted by atomic mass is 16.5. The van der Waals surface area contributed by atoms with E-state index in [0.717, 1.165) is 38.8 Å². The smallest absolute Gasteiger partial charge is 0.330 e. The van der Waals surface area contributed by atoms with Gasteiger partial charge in [-0.05, 0) is 97.2 Å². The van der Waals surface area contributed by atoms with Crippen molar-refractivity contribution in [1.82, 2.24) is 26.2 Å². The Morgan fingerprint density at radius 1 is 1.08 bits per heavy atom. The normalized spacial score (nSPS) is 19.9. The third-order valence-corrected chi connectivity index (χ3v) is 7.37. The number of rotatable bonds is 15. The fraction of sp³-hybridized carbons (Fsp3) is 0.793. The number of piperidine rings is 1. The first-order valence-electron chi connectivity index (χ1n) is 14.8. The van der Waals surface area contributed by atoms with Gasteiger partial charge in [-0.2, -0.15) is 0 Å². The van der Waals surface area contributed by atoms with Crippen LogP contribution < -0.4 is 21.3 Å². The van der Waals surface area contributed by atoms with Crippen molar-refractivity contribution in [2.75, 3.05) is 32.7 Å². The molecule has 3 atom stereocenters. The molecule has 2 fully saturated rings. The van der Waals surface area contributed by atoms with E-state index in [1.165, 1.54) is 6.08 Å². The first kappa shape index (κ1) is 32.8. The van der Waals surface area contributed by atoms with Crippen molar-refractivity contribution in [3.8, 4) is 0 Å². The van der Waals surface area contributed by atoms with Crippen LogP contribution in [0.15, 0.2) is 12.2 Å². The zero-order chi connectivity index (χ0) is 28.8. The van der Waals surface area contributed by atoms with E-state index in [4.69, 9.17) is 4.74 Å². The van der Waals surface area contributed by atoms with Crippen LogP contribution in [-0.2, 0) is 23.9 Å². The van der Waals surface area contributed by atoms with Crippen LogP contribution in [0.1, 0.15) is 79.6 Å². The summed E-state index contributed by atoms with van der Waals surface area (Å²) in [4.78, 5) is 53.1. The third kappa shape index (κ3) is 11.3. The molecule has 0 unspecified atom stereocenters. The highest BCUT2D eigenvalue weighted by molar-refractivity contribution is 5.93. The second-order valence-electron chi connectivity index (χ2n) is 11.3. The van der Waals surface area contributed by atoms with E-state index < -0.39 is 24.1 Å². The summed E-state index contributed by atoms with van der Waals surface area (Å²) in [6.07, 6.45) is 8.57. The molecule has 0 aromatic carbocycles. The summed E-state index contributed by atoms with van der Waals surface area (Å²) in [6, 6.07) is -1.73. The fourth-order valence-corrected chi connectivity index (χ4v) is 5.21. The Morgan fingerprint density at radius 3 is 2.44 bits per heavy atom. The average molecular weight is 550 g/mol. The third-order valence-electron chi connectivity index (χ3n) is 7.37. The summed E-state index contributed by atoms with van der Waals surface area (Å²) in [6.45, 7) is 13.0.